The summed E-state index contributed by atoms with van der Waals surface area (Å²) in [5, 5.41) is 6.32. The van der Waals surface area contributed by atoms with Gasteiger partial charge in [0.05, 0.1) is 0 Å². The van der Waals surface area contributed by atoms with Crippen molar-refractivity contribution >= 4 is 23.4 Å². The zero-order valence-corrected chi connectivity index (χ0v) is 17.4. The second kappa shape index (κ2) is 10.5. The minimum atomic E-state index is -0.232. The Morgan fingerprint density at radius 1 is 0.800 bits per heavy atom. The third-order valence-electron chi connectivity index (χ3n) is 4.46. The monoisotopic (exact) mass is 422 g/mol. The Kier molecular flexibility index (Phi) is 7.46. The van der Waals surface area contributed by atoms with Crippen LogP contribution in [0.2, 0.25) is 5.02 Å². The molecular weight excluding hydrogens is 400 g/mol. The number of hydrogen-bond acceptors (Lipinski definition) is 3. The van der Waals surface area contributed by atoms with Gasteiger partial charge in [-0.1, -0.05) is 53.6 Å². The number of carbonyl (C=O) groups excluding carboxylic acids is 2. The van der Waals surface area contributed by atoms with E-state index in [2.05, 4.69) is 10.6 Å². The summed E-state index contributed by atoms with van der Waals surface area (Å²) in [6, 6.07) is 22.0. The summed E-state index contributed by atoms with van der Waals surface area (Å²) in [6.07, 6.45) is 0. The summed E-state index contributed by atoms with van der Waals surface area (Å²) in [6.45, 7) is 2.78. The topological polar surface area (TPSA) is 67.4 Å². The summed E-state index contributed by atoms with van der Waals surface area (Å²) < 4.78 is 5.49. The highest BCUT2D eigenvalue weighted by atomic mass is 35.5. The first kappa shape index (κ1) is 21.4. The van der Waals surface area contributed by atoms with E-state index in [1.165, 1.54) is 5.56 Å². The van der Waals surface area contributed by atoms with Crippen molar-refractivity contribution in [2.45, 2.75) is 20.0 Å². The summed E-state index contributed by atoms with van der Waals surface area (Å²) in [7, 11) is 0. The van der Waals surface area contributed by atoms with Gasteiger partial charge in [-0.2, -0.15) is 0 Å². The van der Waals surface area contributed by atoms with E-state index in [0.717, 1.165) is 11.1 Å². The fraction of sp³-hybridized carbons (Fsp3) is 0.167. The van der Waals surface area contributed by atoms with E-state index in [-0.39, 0.29) is 18.4 Å². The van der Waals surface area contributed by atoms with Gasteiger partial charge in [-0.3, -0.25) is 9.59 Å². The largest absolute Gasteiger partial charge is 0.484 e. The first-order valence-corrected chi connectivity index (χ1v) is 9.95. The van der Waals surface area contributed by atoms with Crippen LogP contribution in [-0.2, 0) is 17.9 Å². The van der Waals surface area contributed by atoms with Crippen molar-refractivity contribution in [3.8, 4) is 5.75 Å². The van der Waals surface area contributed by atoms with E-state index in [9.17, 15) is 9.59 Å². The SMILES string of the molecule is Cc1ccc(CNC(=O)c2ccc(OCC(=O)NCc3ccc(Cl)cc3)cc2)cc1. The number of carbonyl (C=O) groups is 2. The molecule has 0 saturated heterocycles. The first-order chi connectivity index (χ1) is 14.5. The van der Waals surface area contributed by atoms with Crippen LogP contribution in [0, 0.1) is 6.92 Å². The number of aryl methyl sites for hydroxylation is 1. The molecule has 3 aromatic rings. The molecule has 30 heavy (non-hydrogen) atoms. The highest BCUT2D eigenvalue weighted by Gasteiger charge is 2.07. The van der Waals surface area contributed by atoms with Crippen molar-refractivity contribution in [2.24, 2.45) is 0 Å². The van der Waals surface area contributed by atoms with Gasteiger partial charge >= 0.3 is 0 Å². The maximum absolute atomic E-state index is 12.3. The Hall–Kier alpha value is -3.31. The zero-order chi connectivity index (χ0) is 21.3. The molecule has 0 saturated carbocycles. The fourth-order valence-corrected chi connectivity index (χ4v) is 2.82. The molecule has 0 fully saturated rings. The average Bonchev–Trinajstić information content (AvgIpc) is 2.77. The van der Waals surface area contributed by atoms with Gasteiger partial charge in [-0.05, 0) is 54.4 Å². The third-order valence-corrected chi connectivity index (χ3v) is 4.72. The van der Waals surface area contributed by atoms with Crippen LogP contribution in [0.3, 0.4) is 0 Å². The summed E-state index contributed by atoms with van der Waals surface area (Å²) in [5.41, 5.74) is 3.70. The van der Waals surface area contributed by atoms with Crippen molar-refractivity contribution in [2.75, 3.05) is 6.61 Å². The minimum absolute atomic E-state index is 0.105. The van der Waals surface area contributed by atoms with Crippen LogP contribution in [0.25, 0.3) is 0 Å². The van der Waals surface area contributed by atoms with Gasteiger partial charge < -0.3 is 15.4 Å². The number of nitrogens with one attached hydrogen (secondary N) is 2. The second-order valence-electron chi connectivity index (χ2n) is 6.88. The zero-order valence-electron chi connectivity index (χ0n) is 16.7. The van der Waals surface area contributed by atoms with E-state index in [4.69, 9.17) is 16.3 Å². The molecule has 0 unspecified atom stereocenters. The molecule has 3 aromatic carbocycles. The maximum atomic E-state index is 12.3. The molecule has 2 N–H and O–H groups in total. The number of halogens is 1. The Bertz CT molecular complexity index is 984. The molecule has 0 atom stereocenters. The molecule has 2 amide bonds. The van der Waals surface area contributed by atoms with E-state index < -0.39 is 0 Å². The van der Waals surface area contributed by atoms with Crippen LogP contribution in [-0.4, -0.2) is 18.4 Å². The van der Waals surface area contributed by atoms with Crippen LogP contribution in [0.15, 0.2) is 72.8 Å². The number of rotatable bonds is 8. The molecule has 0 aromatic heterocycles. The normalized spacial score (nSPS) is 10.3. The van der Waals surface area contributed by atoms with Crippen LogP contribution in [0.4, 0.5) is 0 Å². The molecule has 0 bridgehead atoms. The Morgan fingerprint density at radius 2 is 1.37 bits per heavy atom. The van der Waals surface area contributed by atoms with Crippen molar-refractivity contribution in [3.05, 3.63) is 100 Å². The van der Waals surface area contributed by atoms with Crippen molar-refractivity contribution in [1.29, 1.82) is 0 Å². The smallest absolute Gasteiger partial charge is 0.258 e. The Balaban J connectivity index is 1.42. The lowest BCUT2D eigenvalue weighted by Crippen LogP contribution is -2.28. The van der Waals surface area contributed by atoms with Crippen molar-refractivity contribution in [3.63, 3.8) is 0 Å². The molecule has 0 aliphatic rings. The number of hydrogen-bond donors (Lipinski definition) is 2. The van der Waals surface area contributed by atoms with Gasteiger partial charge in [0.15, 0.2) is 6.61 Å². The molecule has 154 valence electrons. The van der Waals surface area contributed by atoms with Gasteiger partial charge in [0.25, 0.3) is 11.8 Å². The average molecular weight is 423 g/mol. The Morgan fingerprint density at radius 3 is 2.00 bits per heavy atom. The molecule has 6 heteroatoms. The third kappa shape index (κ3) is 6.64. The fourth-order valence-electron chi connectivity index (χ4n) is 2.70. The highest BCUT2D eigenvalue weighted by molar-refractivity contribution is 6.30. The number of benzene rings is 3. The quantitative estimate of drug-likeness (QED) is 0.569. The highest BCUT2D eigenvalue weighted by Crippen LogP contribution is 2.13. The first-order valence-electron chi connectivity index (χ1n) is 9.57. The lowest BCUT2D eigenvalue weighted by Gasteiger charge is -2.09. The van der Waals surface area contributed by atoms with Gasteiger partial charge in [0.1, 0.15) is 5.75 Å². The van der Waals surface area contributed by atoms with E-state index in [1.807, 2.05) is 43.3 Å². The summed E-state index contributed by atoms with van der Waals surface area (Å²) in [5.74, 6) is 0.124. The van der Waals surface area contributed by atoms with Gasteiger partial charge in [-0.25, -0.2) is 0 Å². The van der Waals surface area contributed by atoms with Crippen LogP contribution >= 0.6 is 11.6 Å². The summed E-state index contributed by atoms with van der Waals surface area (Å²) in [4.78, 5) is 24.2. The van der Waals surface area contributed by atoms with Gasteiger partial charge in [-0.15, -0.1) is 0 Å². The van der Waals surface area contributed by atoms with Crippen LogP contribution in [0.5, 0.6) is 5.75 Å². The number of ether oxygens (including phenoxy) is 1. The Labute approximate surface area is 181 Å². The predicted octanol–water partition coefficient (Wildman–Crippen LogP) is 4.27. The molecule has 0 aliphatic carbocycles. The lowest BCUT2D eigenvalue weighted by atomic mass is 10.1. The second-order valence-corrected chi connectivity index (χ2v) is 7.32. The predicted molar refractivity (Wildman–Crippen MR) is 118 cm³/mol. The molecule has 0 heterocycles. The molecule has 3 rings (SSSR count). The van der Waals surface area contributed by atoms with E-state index in [0.29, 0.717) is 29.4 Å². The van der Waals surface area contributed by atoms with Gasteiger partial charge in [0, 0.05) is 23.7 Å². The summed E-state index contributed by atoms with van der Waals surface area (Å²) >= 11 is 5.84. The standard InChI is InChI=1S/C24H23ClN2O3/c1-17-2-4-18(5-3-17)15-27-24(29)20-8-12-22(13-9-20)30-16-23(28)26-14-19-6-10-21(25)11-7-19/h2-13H,14-16H2,1H3,(H,26,28)(H,27,29). The molecule has 5 nitrogen and oxygen atoms in total. The van der Waals surface area contributed by atoms with Crippen molar-refractivity contribution < 1.29 is 14.3 Å². The molecule has 0 radical (unpaired) electrons. The minimum Gasteiger partial charge on any atom is -0.484 e. The van der Waals surface area contributed by atoms with E-state index in [1.54, 1.807) is 36.4 Å². The van der Waals surface area contributed by atoms with Crippen LogP contribution in [0.1, 0.15) is 27.0 Å². The number of amides is 2. The molecule has 0 aliphatic heterocycles. The maximum Gasteiger partial charge on any atom is 0.258 e. The molecule has 0 spiro atoms. The molecular formula is C24H23ClN2O3. The van der Waals surface area contributed by atoms with Crippen molar-refractivity contribution in [1.82, 2.24) is 10.6 Å². The van der Waals surface area contributed by atoms with Crippen LogP contribution < -0.4 is 15.4 Å². The van der Waals surface area contributed by atoms with E-state index >= 15 is 0 Å². The van der Waals surface area contributed by atoms with Gasteiger partial charge in [0.2, 0.25) is 0 Å². The lowest BCUT2D eigenvalue weighted by molar-refractivity contribution is -0.123.